The fraction of sp³-hybridized carbons (Fsp3) is 0.923. The second kappa shape index (κ2) is 7.01. The molecule has 0 saturated carbocycles. The van der Waals surface area contributed by atoms with E-state index in [2.05, 4.69) is 5.32 Å². The maximum Gasteiger partial charge on any atom is 0.169 e. The molecule has 23 heavy (non-hydrogen) atoms. The standard InChI is InChI=1S/C13H23ClN2O4S3/c1-3-9(2)16(10-4-5-22(17,18)6-10)13(21)15-12-8-23(19,20)7-11(12)14/h9-12H,3-8H2,1-2H3,(H,15,21). The Kier molecular flexibility index (Phi) is 5.86. The summed E-state index contributed by atoms with van der Waals surface area (Å²) in [6.45, 7) is 4.00. The summed E-state index contributed by atoms with van der Waals surface area (Å²) in [5.74, 6) is 0.157. The molecular weight excluding hydrogens is 380 g/mol. The lowest BCUT2D eigenvalue weighted by atomic mass is 10.1. The highest BCUT2D eigenvalue weighted by atomic mass is 35.5. The molecule has 0 bridgehead atoms. The van der Waals surface area contributed by atoms with Crippen molar-refractivity contribution in [2.45, 2.75) is 50.2 Å². The van der Waals surface area contributed by atoms with E-state index in [1.54, 1.807) is 0 Å². The van der Waals surface area contributed by atoms with Crippen molar-refractivity contribution in [2.24, 2.45) is 0 Å². The monoisotopic (exact) mass is 402 g/mol. The van der Waals surface area contributed by atoms with E-state index < -0.39 is 31.1 Å². The second-order valence-corrected chi connectivity index (χ2v) is 11.7. The average Bonchev–Trinajstić information content (AvgIpc) is 2.88. The Bertz CT molecular complexity index is 665. The third kappa shape index (κ3) is 4.70. The lowest BCUT2D eigenvalue weighted by molar-refractivity contribution is 0.254. The summed E-state index contributed by atoms with van der Waals surface area (Å²) in [6, 6.07) is -0.527. The largest absolute Gasteiger partial charge is 0.357 e. The summed E-state index contributed by atoms with van der Waals surface area (Å²) in [6.07, 6.45) is 1.35. The van der Waals surface area contributed by atoms with Crippen molar-refractivity contribution in [3.63, 3.8) is 0 Å². The first-order valence-corrected chi connectivity index (χ1v) is 12.2. The Morgan fingerprint density at radius 1 is 1.26 bits per heavy atom. The van der Waals surface area contributed by atoms with Crippen molar-refractivity contribution < 1.29 is 16.8 Å². The molecule has 1 N–H and O–H groups in total. The molecular formula is C13H23ClN2O4S3. The van der Waals surface area contributed by atoms with Gasteiger partial charge in [0.15, 0.2) is 24.8 Å². The number of sulfone groups is 2. The molecule has 0 aliphatic carbocycles. The van der Waals surface area contributed by atoms with Crippen LogP contribution in [0.2, 0.25) is 0 Å². The van der Waals surface area contributed by atoms with E-state index in [1.807, 2.05) is 18.7 Å². The third-order valence-electron chi connectivity index (χ3n) is 4.49. The zero-order chi connectivity index (χ0) is 17.4. The van der Waals surface area contributed by atoms with Crippen molar-refractivity contribution in [3.05, 3.63) is 0 Å². The molecule has 2 heterocycles. The van der Waals surface area contributed by atoms with Crippen molar-refractivity contribution in [3.8, 4) is 0 Å². The van der Waals surface area contributed by atoms with E-state index in [-0.39, 0.29) is 35.1 Å². The number of hydrogen-bond acceptors (Lipinski definition) is 5. The molecule has 134 valence electrons. The highest BCUT2D eigenvalue weighted by molar-refractivity contribution is 7.92. The van der Waals surface area contributed by atoms with Crippen LogP contribution in [0.1, 0.15) is 26.7 Å². The van der Waals surface area contributed by atoms with Crippen molar-refractivity contribution in [2.75, 3.05) is 23.0 Å². The Hall–Kier alpha value is -0.120. The minimum absolute atomic E-state index is 0.0430. The number of nitrogens with zero attached hydrogens (tertiary/aromatic N) is 1. The zero-order valence-electron chi connectivity index (χ0n) is 13.2. The summed E-state index contributed by atoms with van der Waals surface area (Å²) < 4.78 is 46.9. The first kappa shape index (κ1) is 19.2. The second-order valence-electron chi connectivity index (χ2n) is 6.37. The number of thiocarbonyl (C=S) groups is 1. The predicted molar refractivity (Wildman–Crippen MR) is 96.5 cm³/mol. The molecule has 0 amide bonds. The van der Waals surface area contributed by atoms with Crippen LogP contribution in [-0.4, -0.2) is 73.4 Å². The van der Waals surface area contributed by atoms with Crippen molar-refractivity contribution in [1.82, 2.24) is 10.2 Å². The van der Waals surface area contributed by atoms with Gasteiger partial charge in [-0.25, -0.2) is 16.8 Å². The molecule has 4 atom stereocenters. The third-order valence-corrected chi connectivity index (χ3v) is 8.95. The van der Waals surface area contributed by atoms with E-state index in [1.165, 1.54) is 0 Å². The number of halogens is 1. The quantitative estimate of drug-likeness (QED) is 0.543. The molecule has 2 saturated heterocycles. The molecule has 0 aromatic rings. The van der Waals surface area contributed by atoms with Crippen molar-refractivity contribution in [1.29, 1.82) is 0 Å². The van der Waals surface area contributed by atoms with Crippen LogP contribution in [0.3, 0.4) is 0 Å². The lowest BCUT2D eigenvalue weighted by Crippen LogP contribution is -2.54. The van der Waals surface area contributed by atoms with E-state index in [0.717, 1.165) is 6.42 Å². The van der Waals surface area contributed by atoms with Crippen LogP contribution in [0, 0.1) is 0 Å². The van der Waals surface area contributed by atoms with Crippen molar-refractivity contribution >= 4 is 48.6 Å². The first-order valence-electron chi connectivity index (χ1n) is 7.68. The molecule has 10 heteroatoms. The molecule has 0 spiro atoms. The molecule has 0 aromatic carbocycles. The minimum atomic E-state index is -3.15. The smallest absolute Gasteiger partial charge is 0.169 e. The van der Waals surface area contributed by atoms with Crippen LogP contribution in [-0.2, 0) is 19.7 Å². The van der Waals surface area contributed by atoms with Crippen LogP contribution in [0.4, 0.5) is 0 Å². The SMILES string of the molecule is CCC(C)N(C(=S)NC1CS(=O)(=O)CC1Cl)C1CCS(=O)(=O)C1. The van der Waals surface area contributed by atoms with Crippen LogP contribution in [0.25, 0.3) is 0 Å². The molecule has 2 aliphatic rings. The Morgan fingerprint density at radius 2 is 1.91 bits per heavy atom. The Morgan fingerprint density at radius 3 is 2.35 bits per heavy atom. The van der Waals surface area contributed by atoms with Crippen LogP contribution < -0.4 is 5.32 Å². The fourth-order valence-electron chi connectivity index (χ4n) is 3.09. The van der Waals surface area contributed by atoms with Gasteiger partial charge in [-0.2, -0.15) is 0 Å². The molecule has 0 radical (unpaired) electrons. The van der Waals surface area contributed by atoms with E-state index in [9.17, 15) is 16.8 Å². The lowest BCUT2D eigenvalue weighted by Gasteiger charge is -2.37. The number of hydrogen-bond donors (Lipinski definition) is 1. The fourth-order valence-corrected chi connectivity index (χ4v) is 7.83. The van der Waals surface area contributed by atoms with Gasteiger partial charge in [-0.15, -0.1) is 11.6 Å². The Labute approximate surface area is 148 Å². The number of rotatable bonds is 4. The maximum atomic E-state index is 11.8. The summed E-state index contributed by atoms with van der Waals surface area (Å²) in [4.78, 5) is 1.91. The minimum Gasteiger partial charge on any atom is -0.357 e. The highest BCUT2D eigenvalue weighted by Gasteiger charge is 2.40. The molecule has 0 aromatic heterocycles. The van der Waals surface area contributed by atoms with E-state index in [0.29, 0.717) is 11.5 Å². The van der Waals surface area contributed by atoms with Gasteiger partial charge in [0.05, 0.1) is 34.4 Å². The predicted octanol–water partition coefficient (Wildman–Crippen LogP) is 0.553. The van der Waals surface area contributed by atoms with Crippen LogP contribution >= 0.6 is 23.8 Å². The summed E-state index contributed by atoms with van der Waals surface area (Å²) in [7, 11) is -6.17. The molecule has 2 rings (SSSR count). The topological polar surface area (TPSA) is 83.6 Å². The van der Waals surface area contributed by atoms with E-state index >= 15 is 0 Å². The number of nitrogens with one attached hydrogen (secondary N) is 1. The normalized spacial score (nSPS) is 33.3. The highest BCUT2D eigenvalue weighted by Crippen LogP contribution is 2.23. The summed E-state index contributed by atoms with van der Waals surface area (Å²) in [5.41, 5.74) is 0. The van der Waals surface area contributed by atoms with Gasteiger partial charge in [-0.1, -0.05) is 6.92 Å². The number of alkyl halides is 1. The van der Waals surface area contributed by atoms with Gasteiger partial charge >= 0.3 is 0 Å². The summed E-state index contributed by atoms with van der Waals surface area (Å²) in [5, 5.41) is 2.93. The van der Waals surface area contributed by atoms with Gasteiger partial charge in [0.2, 0.25) is 0 Å². The van der Waals surface area contributed by atoms with Gasteiger partial charge in [0.25, 0.3) is 0 Å². The van der Waals surface area contributed by atoms with Gasteiger partial charge in [0, 0.05) is 12.1 Å². The average molecular weight is 403 g/mol. The Balaban J connectivity index is 2.12. The van der Waals surface area contributed by atoms with Crippen LogP contribution in [0.15, 0.2) is 0 Å². The molecule has 2 fully saturated rings. The zero-order valence-corrected chi connectivity index (χ0v) is 16.4. The van der Waals surface area contributed by atoms with Gasteiger partial charge in [-0.3, -0.25) is 0 Å². The van der Waals surface area contributed by atoms with Gasteiger partial charge in [-0.05, 0) is 32.0 Å². The molecule has 2 aliphatic heterocycles. The van der Waals surface area contributed by atoms with E-state index in [4.69, 9.17) is 23.8 Å². The van der Waals surface area contributed by atoms with Crippen LogP contribution in [0.5, 0.6) is 0 Å². The van der Waals surface area contributed by atoms with Gasteiger partial charge < -0.3 is 10.2 Å². The maximum absolute atomic E-state index is 11.8. The summed E-state index contributed by atoms with van der Waals surface area (Å²) >= 11 is 11.6. The van der Waals surface area contributed by atoms with Gasteiger partial charge in [0.1, 0.15) is 0 Å². The molecule has 6 nitrogen and oxygen atoms in total. The molecule has 4 unspecified atom stereocenters. The first-order chi connectivity index (χ1) is 10.5.